The number of carbonyl (C=O) groups excluding carboxylic acids is 4. The summed E-state index contributed by atoms with van der Waals surface area (Å²) in [6.45, 7) is 3.33. The lowest BCUT2D eigenvalue weighted by Crippen LogP contribution is -2.49. The lowest BCUT2D eigenvalue weighted by molar-refractivity contribution is -0.125. The zero-order chi connectivity index (χ0) is 26.2. The molecule has 8 heteroatoms. The van der Waals surface area contributed by atoms with E-state index in [2.05, 4.69) is 9.80 Å². The number of anilines is 2. The molecule has 4 fully saturated rings. The first kappa shape index (κ1) is 24.9. The number of carbonyl (C=O) groups is 4. The van der Waals surface area contributed by atoms with Gasteiger partial charge in [0.25, 0.3) is 11.8 Å². The van der Waals surface area contributed by atoms with E-state index in [4.69, 9.17) is 0 Å². The quantitative estimate of drug-likeness (QED) is 0.571. The number of piperidine rings is 2. The molecule has 2 atom stereocenters. The summed E-state index contributed by atoms with van der Waals surface area (Å²) in [5.74, 6) is 0.736. The molecule has 0 aliphatic carbocycles. The maximum Gasteiger partial charge on any atom is 0.251 e. The summed E-state index contributed by atoms with van der Waals surface area (Å²) < 4.78 is 0. The van der Waals surface area contributed by atoms with Crippen molar-refractivity contribution in [2.75, 3.05) is 36.0 Å². The summed E-state index contributed by atoms with van der Waals surface area (Å²) >= 11 is 0. The first-order valence-electron chi connectivity index (χ1n) is 13.8. The van der Waals surface area contributed by atoms with Crippen LogP contribution in [0.4, 0.5) is 11.4 Å². The van der Waals surface area contributed by atoms with Gasteiger partial charge < -0.3 is 0 Å². The number of likely N-dealkylation sites (tertiary alicyclic amines) is 2. The molecule has 0 aromatic heterocycles. The number of hydrogen-bond acceptors (Lipinski definition) is 6. The van der Waals surface area contributed by atoms with Crippen LogP contribution in [0.25, 0.3) is 0 Å². The van der Waals surface area contributed by atoms with Crippen LogP contribution in [0.15, 0.2) is 60.7 Å². The molecule has 0 unspecified atom stereocenters. The molecule has 0 radical (unpaired) electrons. The molecule has 0 spiro atoms. The Morgan fingerprint density at radius 2 is 0.842 bits per heavy atom. The van der Waals surface area contributed by atoms with Crippen molar-refractivity contribution in [3.8, 4) is 0 Å². The van der Waals surface area contributed by atoms with Gasteiger partial charge in [-0.3, -0.25) is 29.0 Å². The van der Waals surface area contributed by atoms with Gasteiger partial charge in [-0.25, -0.2) is 9.80 Å². The van der Waals surface area contributed by atoms with Crippen molar-refractivity contribution < 1.29 is 19.2 Å². The van der Waals surface area contributed by atoms with Crippen molar-refractivity contribution in [1.82, 2.24) is 9.80 Å². The highest BCUT2D eigenvalue weighted by Gasteiger charge is 2.46. The number of amides is 4. The molecule has 4 aliphatic rings. The monoisotopic (exact) mass is 514 g/mol. The van der Waals surface area contributed by atoms with Crippen LogP contribution in [0.5, 0.6) is 0 Å². The van der Waals surface area contributed by atoms with E-state index in [0.717, 1.165) is 51.9 Å². The van der Waals surface area contributed by atoms with Crippen molar-refractivity contribution in [2.45, 2.75) is 50.6 Å². The van der Waals surface area contributed by atoms with Crippen LogP contribution in [0, 0.1) is 11.8 Å². The summed E-state index contributed by atoms with van der Waals surface area (Å²) in [5, 5.41) is 0. The summed E-state index contributed by atoms with van der Waals surface area (Å²) in [6.07, 6.45) is 4.61. The van der Waals surface area contributed by atoms with Crippen molar-refractivity contribution in [3.63, 3.8) is 0 Å². The Kier molecular flexibility index (Phi) is 6.84. The van der Waals surface area contributed by atoms with E-state index in [9.17, 15) is 19.2 Å². The van der Waals surface area contributed by atoms with Gasteiger partial charge in [0.1, 0.15) is 0 Å². The molecule has 38 heavy (non-hydrogen) atoms. The summed E-state index contributed by atoms with van der Waals surface area (Å²) in [7, 11) is 0. The van der Waals surface area contributed by atoms with E-state index < -0.39 is 0 Å². The van der Waals surface area contributed by atoms with E-state index in [0.29, 0.717) is 23.2 Å². The number of nitrogens with zero attached hydrogens (tertiary/aromatic N) is 4. The smallest absolute Gasteiger partial charge is 0.251 e. The fourth-order valence-electron chi connectivity index (χ4n) is 6.90. The second-order valence-corrected chi connectivity index (χ2v) is 11.0. The molecule has 6 rings (SSSR count). The first-order chi connectivity index (χ1) is 18.5. The normalized spacial score (nSPS) is 26.6. The fourth-order valence-corrected chi connectivity index (χ4v) is 6.90. The second-order valence-electron chi connectivity index (χ2n) is 11.0. The van der Waals surface area contributed by atoms with Crippen LogP contribution in [0.3, 0.4) is 0 Å². The second kappa shape index (κ2) is 10.4. The molecule has 4 heterocycles. The Labute approximate surface area is 223 Å². The third-order valence-electron chi connectivity index (χ3n) is 8.97. The van der Waals surface area contributed by atoms with E-state index >= 15 is 0 Å². The van der Waals surface area contributed by atoms with Crippen LogP contribution in [0.2, 0.25) is 0 Å². The first-order valence-corrected chi connectivity index (χ1v) is 13.8. The van der Waals surface area contributed by atoms with Gasteiger partial charge in [-0.1, -0.05) is 36.4 Å². The molecule has 198 valence electrons. The number of imide groups is 2. The Balaban J connectivity index is 1.01. The van der Waals surface area contributed by atoms with Gasteiger partial charge in [0.05, 0.1) is 36.3 Å². The largest absolute Gasteiger partial charge is 0.292 e. The molecule has 2 aromatic carbocycles. The number of rotatable bonds is 5. The van der Waals surface area contributed by atoms with Crippen molar-refractivity contribution in [1.29, 1.82) is 0 Å². The molecule has 4 saturated heterocycles. The predicted octanol–water partition coefficient (Wildman–Crippen LogP) is 3.07. The van der Waals surface area contributed by atoms with E-state index in [1.165, 1.54) is 9.80 Å². The van der Waals surface area contributed by atoms with Gasteiger partial charge in [-0.05, 0) is 88.0 Å². The molecule has 0 bridgehead atoms. The van der Waals surface area contributed by atoms with Crippen LogP contribution in [-0.4, -0.2) is 71.7 Å². The molecule has 4 aliphatic heterocycles. The number of benzene rings is 2. The molecule has 0 N–H and O–H groups in total. The van der Waals surface area contributed by atoms with E-state index in [1.807, 2.05) is 60.7 Å². The summed E-state index contributed by atoms with van der Waals surface area (Å²) in [4.78, 5) is 58.7. The molecular formula is C30H34N4O4. The third-order valence-corrected chi connectivity index (χ3v) is 8.97. The lowest BCUT2D eigenvalue weighted by atomic mass is 9.78. The molecular weight excluding hydrogens is 480 g/mol. The van der Waals surface area contributed by atoms with Gasteiger partial charge in [0.2, 0.25) is 11.8 Å². The van der Waals surface area contributed by atoms with Gasteiger partial charge in [0, 0.05) is 0 Å². The number of hydrogen-bond donors (Lipinski definition) is 0. The third kappa shape index (κ3) is 4.56. The lowest BCUT2D eigenvalue weighted by Gasteiger charge is -2.42. The zero-order valence-electron chi connectivity index (χ0n) is 21.6. The average Bonchev–Trinajstić information content (AvgIpc) is 3.43. The Hall–Kier alpha value is -3.36. The van der Waals surface area contributed by atoms with Crippen LogP contribution >= 0.6 is 0 Å². The zero-order valence-corrected chi connectivity index (χ0v) is 21.6. The SMILES string of the molecule is O=C1C[C@H](N2CCC(C3CCN([C@H]4CC(=O)N(c5ccccc5)C4=O)CC3)CC2)C(=O)N1c1ccccc1. The Morgan fingerprint density at radius 3 is 1.18 bits per heavy atom. The van der Waals surface area contributed by atoms with E-state index in [-0.39, 0.29) is 48.6 Å². The van der Waals surface area contributed by atoms with Gasteiger partial charge in [-0.15, -0.1) is 0 Å². The fraction of sp³-hybridized carbons (Fsp3) is 0.467. The van der Waals surface area contributed by atoms with Crippen LogP contribution in [0.1, 0.15) is 38.5 Å². The summed E-state index contributed by atoms with van der Waals surface area (Å²) in [6, 6.07) is 17.7. The van der Waals surface area contributed by atoms with Gasteiger partial charge in [-0.2, -0.15) is 0 Å². The molecule has 8 nitrogen and oxygen atoms in total. The number of para-hydroxylation sites is 2. The Bertz CT molecular complexity index is 1110. The molecule has 0 saturated carbocycles. The highest BCUT2D eigenvalue weighted by molar-refractivity contribution is 6.23. The minimum Gasteiger partial charge on any atom is -0.292 e. The Morgan fingerprint density at radius 1 is 0.500 bits per heavy atom. The molecule has 2 aromatic rings. The summed E-state index contributed by atoms with van der Waals surface area (Å²) in [5.41, 5.74) is 1.31. The topological polar surface area (TPSA) is 81.2 Å². The van der Waals surface area contributed by atoms with Gasteiger partial charge in [0.15, 0.2) is 0 Å². The van der Waals surface area contributed by atoms with Crippen molar-refractivity contribution >= 4 is 35.0 Å². The van der Waals surface area contributed by atoms with E-state index in [1.54, 1.807) is 0 Å². The van der Waals surface area contributed by atoms with Crippen molar-refractivity contribution in [3.05, 3.63) is 60.7 Å². The highest BCUT2D eigenvalue weighted by Crippen LogP contribution is 2.36. The van der Waals surface area contributed by atoms with Crippen molar-refractivity contribution in [2.24, 2.45) is 11.8 Å². The predicted molar refractivity (Wildman–Crippen MR) is 143 cm³/mol. The maximum atomic E-state index is 13.1. The maximum absolute atomic E-state index is 13.1. The highest BCUT2D eigenvalue weighted by atomic mass is 16.2. The van der Waals surface area contributed by atoms with Gasteiger partial charge >= 0.3 is 0 Å². The minimum absolute atomic E-state index is 0.103. The average molecular weight is 515 g/mol. The molecule has 4 amide bonds. The standard InChI is InChI=1S/C30H34N4O4/c35-27-19-25(29(37)33(27)23-7-3-1-4-8-23)31-15-11-21(12-16-31)22-13-17-32(18-14-22)26-20-28(36)34(30(26)38)24-9-5-2-6-10-24/h1-10,21-22,25-26H,11-20H2/t25-,26-/m0/s1. The minimum atomic E-state index is -0.357. The van der Waals surface area contributed by atoms with Crippen LogP contribution < -0.4 is 9.80 Å². The van der Waals surface area contributed by atoms with Crippen LogP contribution in [-0.2, 0) is 19.2 Å².